The van der Waals surface area contributed by atoms with Gasteiger partial charge >= 0.3 is 0 Å². The first-order valence-electron chi connectivity index (χ1n) is 5.36. The van der Waals surface area contributed by atoms with Crippen molar-refractivity contribution in [1.29, 1.82) is 0 Å². The van der Waals surface area contributed by atoms with E-state index in [4.69, 9.17) is 5.73 Å². The van der Waals surface area contributed by atoms with Crippen molar-refractivity contribution in [3.63, 3.8) is 0 Å². The van der Waals surface area contributed by atoms with E-state index in [9.17, 15) is 4.79 Å². The third kappa shape index (κ3) is 3.16. The molecule has 4 nitrogen and oxygen atoms in total. The lowest BCUT2D eigenvalue weighted by Gasteiger charge is -2.10. The summed E-state index contributed by atoms with van der Waals surface area (Å²) in [6.07, 6.45) is 1.98. The molecule has 0 atom stereocenters. The molecular weight excluding hydrogens is 314 g/mol. The van der Waals surface area contributed by atoms with Gasteiger partial charge in [0.1, 0.15) is 5.01 Å². The maximum absolute atomic E-state index is 11.9. The zero-order valence-electron chi connectivity index (χ0n) is 9.52. The minimum atomic E-state index is -0.0854. The lowest BCUT2D eigenvalue weighted by atomic mass is 10.1. The summed E-state index contributed by atoms with van der Waals surface area (Å²) in [4.78, 5) is 15.9. The number of nitrogens with one attached hydrogen (secondary N) is 1. The van der Waals surface area contributed by atoms with Crippen LogP contribution in [0, 0.1) is 0 Å². The average Bonchev–Trinajstić information content (AvgIpc) is 2.82. The number of aromatic nitrogens is 1. The molecule has 1 heterocycles. The minimum absolute atomic E-state index is 0.0854. The van der Waals surface area contributed by atoms with E-state index in [1.165, 1.54) is 11.3 Å². The Hall–Kier alpha value is -1.24. The number of nitrogens with two attached hydrogens (primary N) is 1. The molecule has 0 saturated carbocycles. The second kappa shape index (κ2) is 6.08. The van der Waals surface area contributed by atoms with Crippen molar-refractivity contribution < 1.29 is 4.79 Å². The van der Waals surface area contributed by atoms with E-state index in [-0.39, 0.29) is 12.3 Å². The standard InChI is InChI=1S/C12H12BrN3OS/c13-9-2-1-3-10(8(9)7-14)16-11(17)6-12-15-4-5-18-12/h1-5H,6-7,14H2,(H,16,17). The zero-order chi connectivity index (χ0) is 13.0. The number of carbonyl (C=O) groups is 1. The molecule has 2 aromatic rings. The molecule has 6 heteroatoms. The number of thiazole rings is 1. The molecule has 0 saturated heterocycles. The zero-order valence-corrected chi connectivity index (χ0v) is 11.9. The SMILES string of the molecule is NCc1c(Br)cccc1NC(=O)Cc1nccs1. The molecule has 0 aliphatic rings. The van der Waals surface area contributed by atoms with E-state index in [1.54, 1.807) is 6.20 Å². The van der Waals surface area contributed by atoms with E-state index in [2.05, 4.69) is 26.2 Å². The number of rotatable bonds is 4. The van der Waals surface area contributed by atoms with Crippen LogP contribution in [0.2, 0.25) is 0 Å². The summed E-state index contributed by atoms with van der Waals surface area (Å²) >= 11 is 4.89. The normalized spacial score (nSPS) is 10.3. The Morgan fingerprint density at radius 1 is 1.50 bits per heavy atom. The molecule has 0 fully saturated rings. The molecule has 2 rings (SSSR count). The Morgan fingerprint density at radius 2 is 2.33 bits per heavy atom. The van der Waals surface area contributed by atoms with E-state index >= 15 is 0 Å². The van der Waals surface area contributed by atoms with Crippen LogP contribution in [0.15, 0.2) is 34.2 Å². The molecule has 0 bridgehead atoms. The highest BCUT2D eigenvalue weighted by Crippen LogP contribution is 2.24. The largest absolute Gasteiger partial charge is 0.326 e. The van der Waals surface area contributed by atoms with Gasteiger partial charge in [-0.2, -0.15) is 0 Å². The quantitative estimate of drug-likeness (QED) is 0.907. The van der Waals surface area contributed by atoms with Crippen molar-refractivity contribution in [2.45, 2.75) is 13.0 Å². The molecule has 3 N–H and O–H groups in total. The molecule has 1 aromatic heterocycles. The summed E-state index contributed by atoms with van der Waals surface area (Å²) in [6.45, 7) is 0.369. The van der Waals surface area contributed by atoms with Gasteiger partial charge in [0, 0.05) is 33.8 Å². The molecule has 94 valence electrons. The highest BCUT2D eigenvalue weighted by molar-refractivity contribution is 9.10. The van der Waals surface area contributed by atoms with Gasteiger partial charge in [-0.15, -0.1) is 11.3 Å². The average molecular weight is 326 g/mol. The number of halogens is 1. The first kappa shape index (κ1) is 13.2. The van der Waals surface area contributed by atoms with Crippen LogP contribution in [0.4, 0.5) is 5.69 Å². The molecular formula is C12H12BrN3OS. The first-order valence-corrected chi connectivity index (χ1v) is 7.03. The Morgan fingerprint density at radius 3 is 3.00 bits per heavy atom. The number of nitrogens with zero attached hydrogens (tertiary/aromatic N) is 1. The monoisotopic (exact) mass is 325 g/mol. The molecule has 0 aliphatic heterocycles. The maximum Gasteiger partial charge on any atom is 0.231 e. The number of hydrogen-bond acceptors (Lipinski definition) is 4. The van der Waals surface area contributed by atoms with Gasteiger partial charge in [0.25, 0.3) is 0 Å². The van der Waals surface area contributed by atoms with Crippen molar-refractivity contribution in [2.75, 3.05) is 5.32 Å². The van der Waals surface area contributed by atoms with Crippen molar-refractivity contribution in [2.24, 2.45) is 5.73 Å². The predicted octanol–water partition coefficient (Wildman–Crippen LogP) is 2.55. The third-order valence-electron chi connectivity index (χ3n) is 2.39. The van der Waals surface area contributed by atoms with E-state index in [0.717, 1.165) is 20.7 Å². The Labute approximate surface area is 117 Å². The number of benzene rings is 1. The summed E-state index contributed by atoms with van der Waals surface area (Å²) in [5, 5.41) is 5.52. The second-order valence-corrected chi connectivity index (χ2v) is 5.45. The number of amides is 1. The van der Waals surface area contributed by atoms with Crippen molar-refractivity contribution >= 4 is 38.9 Å². The van der Waals surface area contributed by atoms with Crippen LogP contribution in [0.25, 0.3) is 0 Å². The fourth-order valence-electron chi connectivity index (χ4n) is 1.56. The molecule has 1 amide bonds. The van der Waals surface area contributed by atoms with E-state index in [1.807, 2.05) is 23.6 Å². The molecule has 0 spiro atoms. The molecule has 0 radical (unpaired) electrons. The van der Waals surface area contributed by atoms with Gasteiger partial charge in [-0.1, -0.05) is 22.0 Å². The van der Waals surface area contributed by atoms with Gasteiger partial charge in [-0.05, 0) is 12.1 Å². The number of anilines is 1. The highest BCUT2D eigenvalue weighted by atomic mass is 79.9. The third-order valence-corrected chi connectivity index (χ3v) is 3.91. The maximum atomic E-state index is 11.9. The van der Waals surface area contributed by atoms with E-state index < -0.39 is 0 Å². The molecule has 0 unspecified atom stereocenters. The van der Waals surface area contributed by atoms with Crippen LogP contribution < -0.4 is 11.1 Å². The number of hydrogen-bond donors (Lipinski definition) is 2. The van der Waals surface area contributed by atoms with Gasteiger partial charge in [-0.25, -0.2) is 4.98 Å². The summed E-state index contributed by atoms with van der Waals surface area (Å²) in [5.41, 5.74) is 7.31. The van der Waals surface area contributed by atoms with Crippen LogP contribution in [-0.2, 0) is 17.8 Å². The molecule has 18 heavy (non-hydrogen) atoms. The predicted molar refractivity (Wildman–Crippen MR) is 76.5 cm³/mol. The Balaban J connectivity index is 2.09. The van der Waals surface area contributed by atoms with Gasteiger partial charge in [0.05, 0.1) is 6.42 Å². The van der Waals surface area contributed by atoms with Crippen molar-refractivity contribution in [3.05, 3.63) is 44.8 Å². The van der Waals surface area contributed by atoms with Crippen molar-refractivity contribution in [3.8, 4) is 0 Å². The smallest absolute Gasteiger partial charge is 0.231 e. The second-order valence-electron chi connectivity index (χ2n) is 3.62. The van der Waals surface area contributed by atoms with Crippen molar-refractivity contribution in [1.82, 2.24) is 4.98 Å². The first-order chi connectivity index (χ1) is 8.70. The molecule has 1 aromatic carbocycles. The lowest BCUT2D eigenvalue weighted by molar-refractivity contribution is -0.115. The summed E-state index contributed by atoms with van der Waals surface area (Å²) < 4.78 is 0.900. The van der Waals surface area contributed by atoms with Gasteiger partial charge in [-0.3, -0.25) is 4.79 Å². The highest BCUT2D eigenvalue weighted by Gasteiger charge is 2.10. The van der Waals surface area contributed by atoms with Gasteiger partial charge < -0.3 is 11.1 Å². The van der Waals surface area contributed by atoms with Crippen LogP contribution >= 0.6 is 27.3 Å². The van der Waals surface area contributed by atoms with Gasteiger partial charge in [0.15, 0.2) is 0 Å². The molecule has 0 aliphatic carbocycles. The Kier molecular flexibility index (Phi) is 4.46. The minimum Gasteiger partial charge on any atom is -0.326 e. The Bertz CT molecular complexity index is 542. The fourth-order valence-corrected chi connectivity index (χ4v) is 2.70. The van der Waals surface area contributed by atoms with Crippen LogP contribution in [0.1, 0.15) is 10.6 Å². The van der Waals surface area contributed by atoms with Gasteiger partial charge in [0.2, 0.25) is 5.91 Å². The summed E-state index contributed by atoms with van der Waals surface area (Å²) in [5.74, 6) is -0.0854. The number of carbonyl (C=O) groups excluding carboxylic acids is 1. The topological polar surface area (TPSA) is 68.0 Å². The lowest BCUT2D eigenvalue weighted by Crippen LogP contribution is -2.16. The van der Waals surface area contributed by atoms with Crippen LogP contribution in [0.3, 0.4) is 0 Å². The van der Waals surface area contributed by atoms with Crippen LogP contribution in [-0.4, -0.2) is 10.9 Å². The van der Waals surface area contributed by atoms with Crippen LogP contribution in [0.5, 0.6) is 0 Å². The fraction of sp³-hybridized carbons (Fsp3) is 0.167. The summed E-state index contributed by atoms with van der Waals surface area (Å²) in [7, 11) is 0. The van der Waals surface area contributed by atoms with E-state index in [0.29, 0.717) is 6.54 Å². The summed E-state index contributed by atoms with van der Waals surface area (Å²) in [6, 6.07) is 5.60.